The maximum absolute atomic E-state index is 13.4. The smallest absolute Gasteiger partial charge is 0.252 e. The highest BCUT2D eigenvalue weighted by Crippen LogP contribution is 2.16. The van der Waals surface area contributed by atoms with Gasteiger partial charge < -0.3 is 10.3 Å². The Balaban J connectivity index is 1.77. The van der Waals surface area contributed by atoms with Gasteiger partial charge in [0.15, 0.2) is 11.6 Å². The molecule has 3 N–H and O–H groups in total. The van der Waals surface area contributed by atoms with Crippen LogP contribution in [0.2, 0.25) is 0 Å². The minimum absolute atomic E-state index is 0.0660. The van der Waals surface area contributed by atoms with Crippen molar-refractivity contribution in [1.82, 2.24) is 15.3 Å². The van der Waals surface area contributed by atoms with Crippen LogP contribution in [0.5, 0.6) is 0 Å². The van der Waals surface area contributed by atoms with E-state index in [4.69, 9.17) is 0 Å². The molecule has 28 heavy (non-hydrogen) atoms. The molecule has 2 amide bonds. The third-order valence-electron chi connectivity index (χ3n) is 4.59. The number of hydrogen-bond donors (Lipinski definition) is 3. The van der Waals surface area contributed by atoms with Gasteiger partial charge >= 0.3 is 0 Å². The summed E-state index contributed by atoms with van der Waals surface area (Å²) in [7, 11) is 0. The van der Waals surface area contributed by atoms with Crippen LogP contribution in [0.25, 0.3) is 11.0 Å². The summed E-state index contributed by atoms with van der Waals surface area (Å²) in [6.45, 7) is 3.70. The Bertz CT molecular complexity index is 985. The SMILES string of the molecule is CC[C@@H](C)[C@H](NC(=O)c1ccc(F)c(F)c1)C(=O)Nc1nc2ccccc2[nH]1. The van der Waals surface area contributed by atoms with Crippen molar-refractivity contribution in [3.05, 3.63) is 59.7 Å². The van der Waals surface area contributed by atoms with Gasteiger partial charge in [-0.3, -0.25) is 14.9 Å². The van der Waals surface area contributed by atoms with Crippen LogP contribution in [-0.2, 0) is 4.79 Å². The van der Waals surface area contributed by atoms with Crippen molar-refractivity contribution in [2.24, 2.45) is 5.92 Å². The molecule has 3 rings (SSSR count). The van der Waals surface area contributed by atoms with Crippen LogP contribution in [0.3, 0.4) is 0 Å². The summed E-state index contributed by atoms with van der Waals surface area (Å²) in [6.07, 6.45) is 0.621. The zero-order chi connectivity index (χ0) is 20.3. The van der Waals surface area contributed by atoms with Crippen LogP contribution < -0.4 is 10.6 Å². The number of fused-ring (bicyclic) bond motifs is 1. The molecule has 6 nitrogen and oxygen atoms in total. The number of halogens is 2. The van der Waals surface area contributed by atoms with E-state index in [9.17, 15) is 18.4 Å². The highest BCUT2D eigenvalue weighted by atomic mass is 19.2. The molecule has 1 aromatic heterocycles. The molecule has 0 aliphatic heterocycles. The van der Waals surface area contributed by atoms with E-state index in [-0.39, 0.29) is 17.4 Å². The van der Waals surface area contributed by atoms with E-state index in [1.165, 1.54) is 6.07 Å². The molecule has 146 valence electrons. The molecule has 0 unspecified atom stereocenters. The third kappa shape index (κ3) is 4.16. The van der Waals surface area contributed by atoms with E-state index < -0.39 is 29.5 Å². The molecule has 0 aliphatic carbocycles. The van der Waals surface area contributed by atoms with Crippen LogP contribution in [0.15, 0.2) is 42.5 Å². The van der Waals surface area contributed by atoms with Crippen LogP contribution in [-0.4, -0.2) is 27.8 Å². The Morgan fingerprint density at radius 1 is 1.14 bits per heavy atom. The van der Waals surface area contributed by atoms with Crippen LogP contribution >= 0.6 is 0 Å². The number of para-hydroxylation sites is 2. The maximum Gasteiger partial charge on any atom is 0.252 e. The molecule has 0 bridgehead atoms. The van der Waals surface area contributed by atoms with E-state index in [1.807, 2.05) is 32.0 Å². The van der Waals surface area contributed by atoms with Gasteiger partial charge in [0.1, 0.15) is 6.04 Å². The average Bonchev–Trinajstić information content (AvgIpc) is 3.09. The normalized spacial score (nSPS) is 13.1. The number of carbonyl (C=O) groups is 2. The monoisotopic (exact) mass is 386 g/mol. The predicted octanol–water partition coefficient (Wildman–Crippen LogP) is 3.62. The van der Waals surface area contributed by atoms with Crippen molar-refractivity contribution in [2.75, 3.05) is 5.32 Å². The lowest BCUT2D eigenvalue weighted by Gasteiger charge is -2.23. The van der Waals surface area contributed by atoms with Crippen LogP contribution in [0, 0.1) is 17.6 Å². The number of H-pyrrole nitrogens is 1. The Hall–Kier alpha value is -3.29. The summed E-state index contributed by atoms with van der Waals surface area (Å²) in [4.78, 5) is 32.5. The molecule has 0 radical (unpaired) electrons. The fourth-order valence-corrected chi connectivity index (χ4v) is 2.77. The molecule has 0 aliphatic rings. The molecule has 2 atom stereocenters. The second-order valence-electron chi connectivity index (χ2n) is 6.56. The van der Waals surface area contributed by atoms with Gasteiger partial charge in [-0.2, -0.15) is 0 Å². The Labute approximate surface area is 160 Å². The molecular weight excluding hydrogens is 366 g/mol. The molecule has 8 heteroatoms. The van der Waals surface area contributed by atoms with Crippen molar-refractivity contribution >= 4 is 28.8 Å². The first kappa shape index (κ1) is 19.5. The van der Waals surface area contributed by atoms with Gasteiger partial charge in [0.2, 0.25) is 11.9 Å². The molecule has 0 spiro atoms. The van der Waals surface area contributed by atoms with E-state index in [2.05, 4.69) is 20.6 Å². The number of amides is 2. The minimum atomic E-state index is -1.13. The lowest BCUT2D eigenvalue weighted by molar-refractivity contribution is -0.119. The lowest BCUT2D eigenvalue weighted by Crippen LogP contribution is -2.47. The standard InChI is InChI=1S/C20H20F2N4O2/c1-3-11(2)17(25-18(27)12-8-9-13(21)14(22)10-12)19(28)26-20-23-15-6-4-5-7-16(15)24-20/h4-11,17H,3H2,1-2H3,(H,25,27)(H2,23,24,26,28)/t11-,17+/m1/s1. The number of carbonyl (C=O) groups excluding carboxylic acids is 2. The average molecular weight is 386 g/mol. The van der Waals surface area contributed by atoms with Crippen molar-refractivity contribution < 1.29 is 18.4 Å². The summed E-state index contributed by atoms with van der Waals surface area (Å²) in [6, 6.07) is 9.27. The number of nitrogens with one attached hydrogen (secondary N) is 3. The Kier molecular flexibility index (Phi) is 5.67. The fraction of sp³-hybridized carbons (Fsp3) is 0.250. The lowest BCUT2D eigenvalue weighted by atomic mass is 9.98. The van der Waals surface area contributed by atoms with E-state index in [1.54, 1.807) is 6.07 Å². The minimum Gasteiger partial charge on any atom is -0.340 e. The number of aromatic amines is 1. The first-order chi connectivity index (χ1) is 13.4. The molecule has 1 heterocycles. The van der Waals surface area contributed by atoms with Gasteiger partial charge in [0.25, 0.3) is 5.91 Å². The summed E-state index contributed by atoms with van der Waals surface area (Å²) in [5, 5.41) is 5.27. The summed E-state index contributed by atoms with van der Waals surface area (Å²) >= 11 is 0. The van der Waals surface area contributed by atoms with Gasteiger partial charge in [-0.1, -0.05) is 32.4 Å². The molecule has 0 fully saturated rings. The number of imidazole rings is 1. The van der Waals surface area contributed by atoms with Crippen molar-refractivity contribution in [1.29, 1.82) is 0 Å². The number of hydrogen-bond acceptors (Lipinski definition) is 3. The van der Waals surface area contributed by atoms with Gasteiger partial charge in [-0.05, 0) is 36.2 Å². The third-order valence-corrected chi connectivity index (χ3v) is 4.59. The highest BCUT2D eigenvalue weighted by Gasteiger charge is 2.27. The van der Waals surface area contributed by atoms with Crippen molar-refractivity contribution in [3.63, 3.8) is 0 Å². The van der Waals surface area contributed by atoms with E-state index in [0.717, 1.165) is 17.6 Å². The summed E-state index contributed by atoms with van der Waals surface area (Å²) < 4.78 is 26.5. The van der Waals surface area contributed by atoms with Crippen molar-refractivity contribution in [2.45, 2.75) is 26.3 Å². The predicted molar refractivity (Wildman–Crippen MR) is 102 cm³/mol. The molecule has 0 saturated carbocycles. The summed E-state index contributed by atoms with van der Waals surface area (Å²) in [5.41, 5.74) is 1.40. The fourth-order valence-electron chi connectivity index (χ4n) is 2.77. The zero-order valence-electron chi connectivity index (χ0n) is 15.4. The van der Waals surface area contributed by atoms with E-state index >= 15 is 0 Å². The number of anilines is 1. The van der Waals surface area contributed by atoms with Gasteiger partial charge in [0, 0.05) is 5.56 Å². The number of rotatable bonds is 6. The van der Waals surface area contributed by atoms with E-state index in [0.29, 0.717) is 11.9 Å². The molecule has 0 saturated heterocycles. The molecule has 3 aromatic rings. The molecule has 2 aromatic carbocycles. The Morgan fingerprint density at radius 2 is 1.89 bits per heavy atom. The number of nitrogens with zero attached hydrogens (tertiary/aromatic N) is 1. The molecular formula is C20H20F2N4O2. The second-order valence-corrected chi connectivity index (χ2v) is 6.56. The van der Waals surface area contributed by atoms with Gasteiger partial charge in [-0.25, -0.2) is 13.8 Å². The first-order valence-electron chi connectivity index (χ1n) is 8.90. The quantitative estimate of drug-likeness (QED) is 0.605. The van der Waals surface area contributed by atoms with Gasteiger partial charge in [-0.15, -0.1) is 0 Å². The van der Waals surface area contributed by atoms with Crippen molar-refractivity contribution in [3.8, 4) is 0 Å². The maximum atomic E-state index is 13.4. The van der Waals surface area contributed by atoms with Crippen LogP contribution in [0.1, 0.15) is 30.6 Å². The second kappa shape index (κ2) is 8.16. The number of aromatic nitrogens is 2. The topological polar surface area (TPSA) is 86.9 Å². The number of benzene rings is 2. The zero-order valence-corrected chi connectivity index (χ0v) is 15.4. The first-order valence-corrected chi connectivity index (χ1v) is 8.90. The van der Waals surface area contributed by atoms with Crippen LogP contribution in [0.4, 0.5) is 14.7 Å². The van der Waals surface area contributed by atoms with Gasteiger partial charge in [0.05, 0.1) is 11.0 Å². The highest BCUT2D eigenvalue weighted by molar-refractivity contribution is 6.01. The summed E-state index contributed by atoms with van der Waals surface area (Å²) in [5.74, 6) is -3.22. The largest absolute Gasteiger partial charge is 0.340 e. The Morgan fingerprint density at radius 3 is 2.57 bits per heavy atom.